The van der Waals surface area contributed by atoms with E-state index in [9.17, 15) is 14.4 Å². The second kappa shape index (κ2) is 11.0. The van der Waals surface area contributed by atoms with Gasteiger partial charge < -0.3 is 9.47 Å². The number of amides is 2. The Kier molecular flexibility index (Phi) is 8.59. The fourth-order valence-corrected chi connectivity index (χ4v) is 3.25. The Hall–Kier alpha value is -3.39. The van der Waals surface area contributed by atoms with Crippen molar-refractivity contribution in [2.45, 2.75) is 53.2 Å². The molecule has 0 aliphatic rings. The van der Waals surface area contributed by atoms with E-state index in [2.05, 4.69) is 5.32 Å². The minimum Gasteiger partial charge on any atom is -0.461 e. The molecule has 0 saturated heterocycles. The van der Waals surface area contributed by atoms with E-state index in [4.69, 9.17) is 9.47 Å². The average Bonchev–Trinajstić information content (AvgIpc) is 2.71. The van der Waals surface area contributed by atoms with Gasteiger partial charge in [0.15, 0.2) is 0 Å². The van der Waals surface area contributed by atoms with Crippen LogP contribution in [0.1, 0.15) is 46.6 Å². The molecule has 33 heavy (non-hydrogen) atoms. The third-order valence-electron chi connectivity index (χ3n) is 4.55. The molecule has 178 valence electrons. The third-order valence-corrected chi connectivity index (χ3v) is 4.55. The summed E-state index contributed by atoms with van der Waals surface area (Å²) in [6.07, 6.45) is -0.266. The lowest BCUT2D eigenvalue weighted by Gasteiger charge is -2.29. The molecule has 2 amide bonds. The van der Waals surface area contributed by atoms with Gasteiger partial charge in [-0.25, -0.2) is 14.8 Å². The molecule has 0 aliphatic heterocycles. The second-order valence-electron chi connectivity index (χ2n) is 8.70. The predicted octanol–water partition coefficient (Wildman–Crippen LogP) is 4.98. The summed E-state index contributed by atoms with van der Waals surface area (Å²) >= 11 is 0. The average molecular weight is 456 g/mol. The first-order valence-corrected chi connectivity index (χ1v) is 10.8. The molecule has 0 aromatic heterocycles. The normalized spacial score (nSPS) is 11.2. The number of benzene rings is 2. The van der Waals surface area contributed by atoms with Crippen molar-refractivity contribution in [3.63, 3.8) is 0 Å². The topological polar surface area (TPSA) is 88.2 Å². The van der Waals surface area contributed by atoms with Gasteiger partial charge in [0.25, 0.3) is 0 Å². The van der Waals surface area contributed by atoms with Crippen molar-refractivity contribution < 1.29 is 23.9 Å². The maximum absolute atomic E-state index is 12.6. The zero-order chi connectivity index (χ0) is 24.8. The van der Waals surface area contributed by atoms with Gasteiger partial charge in [0.1, 0.15) is 12.2 Å². The van der Waals surface area contributed by atoms with Crippen molar-refractivity contribution >= 4 is 29.3 Å². The number of rotatable bonds is 7. The summed E-state index contributed by atoms with van der Waals surface area (Å²) in [5, 5.41) is 6.13. The number of hydrogen-bond acceptors (Lipinski definition) is 6. The van der Waals surface area contributed by atoms with Gasteiger partial charge in [0.2, 0.25) is 5.91 Å². The Morgan fingerprint density at radius 1 is 1.03 bits per heavy atom. The number of hydrazine groups is 1. The van der Waals surface area contributed by atoms with Gasteiger partial charge in [0.05, 0.1) is 11.4 Å². The van der Waals surface area contributed by atoms with Crippen molar-refractivity contribution in [3.8, 4) is 11.1 Å². The number of carbonyl (C=O) groups excluding carboxylic acids is 3. The van der Waals surface area contributed by atoms with Crippen molar-refractivity contribution in [1.29, 1.82) is 0 Å². The standard InChI is InChI=1S/C25H33N3O5/c1-8-22(30)28(27(6)7)20-13-9-11-18(15-20)21-14-10-12-19(16-32-17(2)29)23(21)26-24(31)33-25(3,4)5/h9-15H,8,16H2,1-7H3,(H,26,31). The molecule has 8 nitrogen and oxygen atoms in total. The molecule has 2 aromatic rings. The lowest BCUT2D eigenvalue weighted by molar-refractivity contribution is -0.142. The largest absolute Gasteiger partial charge is 0.461 e. The first kappa shape index (κ1) is 25.9. The summed E-state index contributed by atoms with van der Waals surface area (Å²) in [5.41, 5.74) is 2.59. The minimum absolute atomic E-state index is 0.00780. The molecule has 0 aliphatic carbocycles. The molecule has 1 N–H and O–H groups in total. The fourth-order valence-electron chi connectivity index (χ4n) is 3.25. The molecule has 0 radical (unpaired) electrons. The van der Waals surface area contributed by atoms with E-state index < -0.39 is 17.7 Å². The molecule has 0 heterocycles. The van der Waals surface area contributed by atoms with Gasteiger partial charge >= 0.3 is 12.1 Å². The maximum atomic E-state index is 12.6. The summed E-state index contributed by atoms with van der Waals surface area (Å²) in [5.74, 6) is -0.474. The third kappa shape index (κ3) is 7.32. The van der Waals surface area contributed by atoms with Crippen LogP contribution >= 0.6 is 0 Å². The highest BCUT2D eigenvalue weighted by molar-refractivity contribution is 5.96. The van der Waals surface area contributed by atoms with Crippen LogP contribution in [0.15, 0.2) is 42.5 Å². The van der Waals surface area contributed by atoms with Crippen LogP contribution in [0.3, 0.4) is 0 Å². The Labute approximate surface area is 195 Å². The number of ether oxygens (including phenoxy) is 2. The van der Waals surface area contributed by atoms with Crippen molar-refractivity contribution in [1.82, 2.24) is 5.01 Å². The summed E-state index contributed by atoms with van der Waals surface area (Å²) < 4.78 is 10.6. The fraction of sp³-hybridized carbons (Fsp3) is 0.400. The zero-order valence-electron chi connectivity index (χ0n) is 20.4. The number of carbonyl (C=O) groups is 3. The Bertz CT molecular complexity index is 1010. The van der Waals surface area contributed by atoms with Crippen LogP contribution in [0, 0.1) is 0 Å². The molecule has 2 aromatic carbocycles. The summed E-state index contributed by atoms with van der Waals surface area (Å²) in [6.45, 7) is 8.47. The van der Waals surface area contributed by atoms with Gasteiger partial charge in [-0.05, 0) is 38.5 Å². The molecule has 2 rings (SSSR count). The van der Waals surface area contributed by atoms with Gasteiger partial charge in [-0.3, -0.25) is 14.9 Å². The lowest BCUT2D eigenvalue weighted by Crippen LogP contribution is -2.41. The Morgan fingerprint density at radius 2 is 1.70 bits per heavy atom. The number of nitrogens with zero attached hydrogens (tertiary/aromatic N) is 2. The van der Waals surface area contributed by atoms with E-state index in [0.717, 1.165) is 5.56 Å². The van der Waals surface area contributed by atoms with Crippen LogP contribution in [0.4, 0.5) is 16.2 Å². The van der Waals surface area contributed by atoms with E-state index in [-0.39, 0.29) is 12.5 Å². The highest BCUT2D eigenvalue weighted by Gasteiger charge is 2.21. The molecular weight excluding hydrogens is 422 g/mol. The van der Waals surface area contributed by atoms with E-state index in [0.29, 0.717) is 28.9 Å². The van der Waals surface area contributed by atoms with Crippen molar-refractivity contribution in [2.75, 3.05) is 24.4 Å². The molecule has 0 bridgehead atoms. The van der Waals surface area contributed by atoms with Crippen LogP contribution in [-0.4, -0.2) is 42.7 Å². The van der Waals surface area contributed by atoms with Crippen molar-refractivity contribution in [2.24, 2.45) is 0 Å². The van der Waals surface area contributed by atoms with Gasteiger partial charge in [-0.15, -0.1) is 0 Å². The Morgan fingerprint density at radius 3 is 2.27 bits per heavy atom. The van der Waals surface area contributed by atoms with Crippen LogP contribution in [0.2, 0.25) is 0 Å². The molecule has 0 atom stereocenters. The second-order valence-corrected chi connectivity index (χ2v) is 8.70. The molecular formula is C25H33N3O5. The molecule has 0 spiro atoms. The van der Waals surface area contributed by atoms with Gasteiger partial charge in [-0.2, -0.15) is 0 Å². The van der Waals surface area contributed by atoms with Crippen molar-refractivity contribution in [3.05, 3.63) is 48.0 Å². The number of nitrogens with one attached hydrogen (secondary N) is 1. The zero-order valence-corrected chi connectivity index (χ0v) is 20.4. The summed E-state index contributed by atoms with van der Waals surface area (Å²) in [6, 6.07) is 12.9. The first-order chi connectivity index (χ1) is 15.4. The van der Waals surface area contributed by atoms with Crippen LogP contribution in [0.25, 0.3) is 11.1 Å². The van der Waals surface area contributed by atoms with Gasteiger partial charge in [0, 0.05) is 38.6 Å². The molecule has 0 fully saturated rings. The van der Waals surface area contributed by atoms with Gasteiger partial charge in [-0.1, -0.05) is 37.3 Å². The number of hydrogen-bond donors (Lipinski definition) is 1. The van der Waals surface area contributed by atoms with E-state index >= 15 is 0 Å². The Balaban J connectivity index is 2.57. The van der Waals surface area contributed by atoms with E-state index in [1.54, 1.807) is 51.0 Å². The SMILES string of the molecule is CCC(=O)N(c1cccc(-c2cccc(COC(C)=O)c2NC(=O)OC(C)(C)C)c1)N(C)C. The van der Waals surface area contributed by atoms with E-state index in [1.807, 2.05) is 43.3 Å². The quantitative estimate of drug-likeness (QED) is 0.468. The number of para-hydroxylation sites is 1. The molecule has 0 unspecified atom stereocenters. The minimum atomic E-state index is -0.679. The van der Waals surface area contributed by atoms with Crippen LogP contribution in [-0.2, 0) is 25.7 Å². The molecule has 0 saturated carbocycles. The smallest absolute Gasteiger partial charge is 0.412 e. The first-order valence-electron chi connectivity index (χ1n) is 10.8. The molecule has 8 heteroatoms. The van der Waals surface area contributed by atoms with Crippen LogP contribution in [0.5, 0.6) is 0 Å². The maximum Gasteiger partial charge on any atom is 0.412 e. The monoisotopic (exact) mass is 455 g/mol. The summed E-state index contributed by atoms with van der Waals surface area (Å²) in [7, 11) is 3.60. The lowest BCUT2D eigenvalue weighted by atomic mass is 9.99. The number of esters is 1. The number of anilines is 2. The highest BCUT2D eigenvalue weighted by atomic mass is 16.6. The highest BCUT2D eigenvalue weighted by Crippen LogP contribution is 2.34. The van der Waals surface area contributed by atoms with E-state index in [1.165, 1.54) is 6.92 Å². The van der Waals surface area contributed by atoms with Crippen LogP contribution < -0.4 is 10.3 Å². The predicted molar refractivity (Wildman–Crippen MR) is 129 cm³/mol. The summed E-state index contributed by atoms with van der Waals surface area (Å²) in [4.78, 5) is 36.5.